The minimum Gasteiger partial charge on any atom is -0.481 e. The predicted molar refractivity (Wildman–Crippen MR) is 86.7 cm³/mol. The Morgan fingerprint density at radius 3 is 2.43 bits per heavy atom. The number of aliphatic imine (C=N–C) groups is 1. The van der Waals surface area contributed by atoms with E-state index < -0.39 is 5.97 Å². The number of carboxylic acid groups (broad SMARTS) is 1. The Balaban J connectivity index is 1.80. The summed E-state index contributed by atoms with van der Waals surface area (Å²) in [6.45, 7) is 6.72. The SMILES string of the molecule is C=C(C)c1ccc(C=NC[C@H]2CC[C@H](C(=O)O)CC2)cc1. The third-order valence-corrected chi connectivity index (χ3v) is 4.20. The van der Waals surface area contributed by atoms with Gasteiger partial charge in [-0.05, 0) is 49.7 Å². The molecule has 1 saturated carbocycles. The van der Waals surface area contributed by atoms with Gasteiger partial charge < -0.3 is 5.11 Å². The fourth-order valence-electron chi connectivity index (χ4n) is 2.75. The molecule has 2 rings (SSSR count). The van der Waals surface area contributed by atoms with Gasteiger partial charge in [-0.3, -0.25) is 9.79 Å². The monoisotopic (exact) mass is 285 g/mol. The van der Waals surface area contributed by atoms with Gasteiger partial charge in [0.25, 0.3) is 0 Å². The standard InChI is InChI=1S/C18H23NO2/c1-13(2)16-7-3-14(4-8-16)11-19-12-15-5-9-17(10-6-15)18(20)21/h3-4,7-8,11,15,17H,1,5-6,9-10,12H2,2H3,(H,20,21)/t15-,17-. The molecule has 0 radical (unpaired) electrons. The summed E-state index contributed by atoms with van der Waals surface area (Å²) in [5, 5.41) is 8.97. The lowest BCUT2D eigenvalue weighted by Gasteiger charge is -2.24. The van der Waals surface area contributed by atoms with E-state index in [1.807, 2.05) is 13.1 Å². The Morgan fingerprint density at radius 2 is 1.90 bits per heavy atom. The molecular weight excluding hydrogens is 262 g/mol. The van der Waals surface area contributed by atoms with Crippen LogP contribution in [-0.2, 0) is 4.79 Å². The van der Waals surface area contributed by atoms with E-state index in [1.54, 1.807) is 0 Å². The van der Waals surface area contributed by atoms with Crippen LogP contribution in [0.2, 0.25) is 0 Å². The molecule has 0 amide bonds. The van der Waals surface area contributed by atoms with Crippen LogP contribution in [0.25, 0.3) is 5.57 Å². The quantitative estimate of drug-likeness (QED) is 0.830. The second-order valence-corrected chi connectivity index (χ2v) is 5.95. The lowest BCUT2D eigenvalue weighted by atomic mass is 9.82. The smallest absolute Gasteiger partial charge is 0.306 e. The van der Waals surface area contributed by atoms with Crippen LogP contribution in [-0.4, -0.2) is 23.8 Å². The highest BCUT2D eigenvalue weighted by Crippen LogP contribution is 2.29. The van der Waals surface area contributed by atoms with Crippen LogP contribution in [0.4, 0.5) is 0 Å². The molecule has 0 aromatic heterocycles. The average Bonchev–Trinajstić information content (AvgIpc) is 2.48. The molecule has 0 heterocycles. The van der Waals surface area contributed by atoms with E-state index in [4.69, 9.17) is 5.11 Å². The van der Waals surface area contributed by atoms with Crippen LogP contribution < -0.4 is 0 Å². The van der Waals surface area contributed by atoms with Gasteiger partial charge in [0, 0.05) is 12.8 Å². The number of allylic oxidation sites excluding steroid dienone is 1. The molecule has 1 N–H and O–H groups in total. The van der Waals surface area contributed by atoms with Gasteiger partial charge in [0.2, 0.25) is 0 Å². The first-order valence-corrected chi connectivity index (χ1v) is 7.55. The Bertz CT molecular complexity index is 523. The second kappa shape index (κ2) is 7.21. The van der Waals surface area contributed by atoms with Crippen molar-refractivity contribution in [1.29, 1.82) is 0 Å². The molecule has 0 unspecified atom stereocenters. The molecule has 112 valence electrons. The molecule has 0 atom stereocenters. The van der Waals surface area contributed by atoms with Crippen LogP contribution >= 0.6 is 0 Å². The summed E-state index contributed by atoms with van der Waals surface area (Å²) in [6.07, 6.45) is 5.45. The summed E-state index contributed by atoms with van der Waals surface area (Å²) in [5.41, 5.74) is 3.31. The zero-order valence-electron chi connectivity index (χ0n) is 12.6. The lowest BCUT2D eigenvalue weighted by molar-refractivity contribution is -0.143. The van der Waals surface area contributed by atoms with Crippen LogP contribution in [0, 0.1) is 11.8 Å². The summed E-state index contributed by atoms with van der Waals surface area (Å²) < 4.78 is 0. The van der Waals surface area contributed by atoms with Gasteiger partial charge in [-0.15, -0.1) is 0 Å². The van der Waals surface area contributed by atoms with Crippen LogP contribution in [0.15, 0.2) is 35.8 Å². The largest absolute Gasteiger partial charge is 0.481 e. The summed E-state index contributed by atoms with van der Waals surface area (Å²) in [6, 6.07) is 8.22. The third-order valence-electron chi connectivity index (χ3n) is 4.20. The van der Waals surface area contributed by atoms with Crippen molar-refractivity contribution in [1.82, 2.24) is 0 Å². The van der Waals surface area contributed by atoms with E-state index in [-0.39, 0.29) is 5.92 Å². The van der Waals surface area contributed by atoms with Gasteiger partial charge in [0.05, 0.1) is 5.92 Å². The number of rotatable bonds is 5. The predicted octanol–water partition coefficient (Wildman–Crippen LogP) is 4.03. The fourth-order valence-corrected chi connectivity index (χ4v) is 2.75. The third kappa shape index (κ3) is 4.55. The summed E-state index contributed by atoms with van der Waals surface area (Å²) in [5.74, 6) is -0.249. The van der Waals surface area contributed by atoms with Crippen LogP contribution in [0.1, 0.15) is 43.7 Å². The Hall–Kier alpha value is -1.90. The van der Waals surface area contributed by atoms with E-state index in [0.29, 0.717) is 5.92 Å². The van der Waals surface area contributed by atoms with Gasteiger partial charge in [-0.25, -0.2) is 0 Å². The van der Waals surface area contributed by atoms with Crippen molar-refractivity contribution in [3.63, 3.8) is 0 Å². The highest BCUT2D eigenvalue weighted by atomic mass is 16.4. The molecule has 1 fully saturated rings. The van der Waals surface area contributed by atoms with Crippen molar-refractivity contribution in [2.75, 3.05) is 6.54 Å². The molecule has 0 bridgehead atoms. The minimum atomic E-state index is -0.644. The molecule has 0 saturated heterocycles. The minimum absolute atomic E-state index is 0.139. The van der Waals surface area contributed by atoms with E-state index >= 15 is 0 Å². The normalized spacial score (nSPS) is 22.3. The van der Waals surface area contributed by atoms with E-state index in [1.165, 1.54) is 0 Å². The van der Waals surface area contributed by atoms with Gasteiger partial charge in [-0.2, -0.15) is 0 Å². The van der Waals surface area contributed by atoms with Gasteiger partial charge >= 0.3 is 5.97 Å². The van der Waals surface area contributed by atoms with Crippen LogP contribution in [0.3, 0.4) is 0 Å². The van der Waals surface area contributed by atoms with Crippen molar-refractivity contribution < 1.29 is 9.90 Å². The molecule has 3 heteroatoms. The topological polar surface area (TPSA) is 49.7 Å². The first kappa shape index (κ1) is 15.5. The van der Waals surface area contributed by atoms with Gasteiger partial charge in [0.1, 0.15) is 0 Å². The molecule has 1 aliphatic rings. The molecule has 1 aromatic rings. The average molecular weight is 285 g/mol. The maximum absolute atomic E-state index is 10.9. The Kier molecular flexibility index (Phi) is 5.32. The molecule has 0 spiro atoms. The van der Waals surface area contributed by atoms with Gasteiger partial charge in [-0.1, -0.05) is 36.4 Å². The summed E-state index contributed by atoms with van der Waals surface area (Å²) in [4.78, 5) is 15.4. The molecular formula is C18H23NO2. The lowest BCUT2D eigenvalue weighted by Crippen LogP contribution is -2.22. The molecule has 3 nitrogen and oxygen atoms in total. The van der Waals surface area contributed by atoms with Crippen LogP contribution in [0.5, 0.6) is 0 Å². The van der Waals surface area contributed by atoms with Crippen molar-refractivity contribution in [3.05, 3.63) is 42.0 Å². The maximum Gasteiger partial charge on any atom is 0.306 e. The van der Waals surface area contributed by atoms with E-state index in [0.717, 1.165) is 48.9 Å². The highest BCUT2D eigenvalue weighted by molar-refractivity contribution is 5.80. The summed E-state index contributed by atoms with van der Waals surface area (Å²) in [7, 11) is 0. The van der Waals surface area contributed by atoms with Crippen molar-refractivity contribution in [3.8, 4) is 0 Å². The Morgan fingerprint density at radius 1 is 1.29 bits per heavy atom. The molecule has 0 aliphatic heterocycles. The molecule has 1 aliphatic carbocycles. The zero-order chi connectivity index (χ0) is 15.2. The van der Waals surface area contributed by atoms with E-state index in [9.17, 15) is 4.79 Å². The number of hydrogen-bond donors (Lipinski definition) is 1. The number of aliphatic carboxylic acids is 1. The molecule has 1 aromatic carbocycles. The number of carbonyl (C=O) groups is 1. The number of carboxylic acids is 1. The zero-order valence-corrected chi connectivity index (χ0v) is 12.6. The number of hydrogen-bond acceptors (Lipinski definition) is 2. The maximum atomic E-state index is 10.9. The van der Waals surface area contributed by atoms with Crippen molar-refractivity contribution >= 4 is 17.8 Å². The fraction of sp³-hybridized carbons (Fsp3) is 0.444. The van der Waals surface area contributed by atoms with E-state index in [2.05, 4.69) is 35.8 Å². The second-order valence-electron chi connectivity index (χ2n) is 5.95. The number of benzene rings is 1. The Labute approximate surface area is 126 Å². The van der Waals surface area contributed by atoms with Crippen molar-refractivity contribution in [2.45, 2.75) is 32.6 Å². The molecule has 21 heavy (non-hydrogen) atoms. The summed E-state index contributed by atoms with van der Waals surface area (Å²) >= 11 is 0. The first-order valence-electron chi connectivity index (χ1n) is 7.55. The highest BCUT2D eigenvalue weighted by Gasteiger charge is 2.25. The first-order chi connectivity index (χ1) is 10.1. The number of nitrogens with zero attached hydrogens (tertiary/aromatic N) is 1. The van der Waals surface area contributed by atoms with Gasteiger partial charge in [0.15, 0.2) is 0 Å². The van der Waals surface area contributed by atoms with Crippen molar-refractivity contribution in [2.24, 2.45) is 16.8 Å².